The number of benzene rings is 2. The van der Waals surface area contributed by atoms with Crippen molar-refractivity contribution >= 4 is 28.4 Å². The van der Waals surface area contributed by atoms with Crippen LogP contribution < -0.4 is 15.8 Å². The molecule has 0 aliphatic rings. The van der Waals surface area contributed by atoms with E-state index in [1.54, 1.807) is 18.3 Å². The quantitative estimate of drug-likeness (QED) is 0.497. The van der Waals surface area contributed by atoms with Gasteiger partial charge in [-0.1, -0.05) is 12.1 Å². The van der Waals surface area contributed by atoms with Crippen LogP contribution in [0.15, 0.2) is 48.9 Å². The molecule has 0 saturated carbocycles. The molecule has 0 amide bonds. The van der Waals surface area contributed by atoms with E-state index >= 15 is 0 Å². The van der Waals surface area contributed by atoms with Crippen molar-refractivity contribution in [2.24, 2.45) is 0 Å². The van der Waals surface area contributed by atoms with E-state index in [1.165, 1.54) is 13.4 Å². The van der Waals surface area contributed by atoms with Gasteiger partial charge in [0.2, 0.25) is 5.95 Å². The molecule has 0 unspecified atom stereocenters. The van der Waals surface area contributed by atoms with Gasteiger partial charge < -0.3 is 20.9 Å². The summed E-state index contributed by atoms with van der Waals surface area (Å²) in [7, 11) is 1.50. The number of anilines is 3. The molecule has 0 radical (unpaired) electrons. The molecule has 4 N–H and O–H groups in total. The number of hydrogen-bond donors (Lipinski definition) is 3. The maximum absolute atomic E-state index is 10.1. The first-order valence-corrected chi connectivity index (χ1v) is 8.53. The first kappa shape index (κ1) is 17.5. The lowest BCUT2D eigenvalue weighted by molar-refractivity contribution is 0.374. The Kier molecular flexibility index (Phi) is 4.36. The van der Waals surface area contributed by atoms with Gasteiger partial charge in [0.15, 0.2) is 11.5 Å². The van der Waals surface area contributed by atoms with Crippen LogP contribution in [-0.4, -0.2) is 32.2 Å². The van der Waals surface area contributed by atoms with Crippen molar-refractivity contribution in [1.82, 2.24) is 19.9 Å². The lowest BCUT2D eigenvalue weighted by Crippen LogP contribution is -1.99. The molecule has 4 aromatic rings. The Labute approximate surface area is 161 Å². The van der Waals surface area contributed by atoms with Crippen LogP contribution in [0.4, 0.5) is 17.5 Å². The van der Waals surface area contributed by atoms with E-state index in [-0.39, 0.29) is 11.7 Å². The third-order valence-corrected chi connectivity index (χ3v) is 4.35. The fourth-order valence-corrected chi connectivity index (χ4v) is 2.93. The SMILES string of the molecule is COc1cc2ncnc(Nc3ccc(-c4nc(N)ncc4C)cc3)c2cc1O. The maximum atomic E-state index is 10.1. The highest BCUT2D eigenvalue weighted by Crippen LogP contribution is 2.33. The van der Waals surface area contributed by atoms with E-state index in [0.29, 0.717) is 22.5 Å². The highest BCUT2D eigenvalue weighted by molar-refractivity contribution is 5.93. The van der Waals surface area contributed by atoms with Crippen LogP contribution in [0.25, 0.3) is 22.2 Å². The second-order valence-corrected chi connectivity index (χ2v) is 6.23. The van der Waals surface area contributed by atoms with Gasteiger partial charge in [0.25, 0.3) is 0 Å². The molecule has 0 saturated heterocycles. The molecule has 140 valence electrons. The van der Waals surface area contributed by atoms with E-state index < -0.39 is 0 Å². The number of aryl methyl sites for hydroxylation is 1. The van der Waals surface area contributed by atoms with Crippen LogP contribution in [0.5, 0.6) is 11.5 Å². The van der Waals surface area contributed by atoms with Crippen LogP contribution in [0.1, 0.15) is 5.56 Å². The van der Waals surface area contributed by atoms with E-state index in [0.717, 1.165) is 22.5 Å². The maximum Gasteiger partial charge on any atom is 0.220 e. The number of nitrogens with one attached hydrogen (secondary N) is 1. The first-order chi connectivity index (χ1) is 13.5. The Morgan fingerprint density at radius 1 is 1.07 bits per heavy atom. The number of phenols is 1. The van der Waals surface area contributed by atoms with Gasteiger partial charge in [-0.3, -0.25) is 0 Å². The van der Waals surface area contributed by atoms with Crippen molar-refractivity contribution in [1.29, 1.82) is 0 Å². The minimum Gasteiger partial charge on any atom is -0.504 e. The Balaban J connectivity index is 1.66. The number of hydrogen-bond acceptors (Lipinski definition) is 8. The number of rotatable bonds is 4. The predicted molar refractivity (Wildman–Crippen MR) is 108 cm³/mol. The average molecular weight is 374 g/mol. The molecule has 0 aliphatic heterocycles. The summed E-state index contributed by atoms with van der Waals surface area (Å²) in [5.74, 6) is 1.21. The minimum atomic E-state index is 0.0278. The number of nitrogen functional groups attached to an aromatic ring is 1. The Bertz CT molecular complexity index is 1160. The van der Waals surface area contributed by atoms with E-state index in [2.05, 4.69) is 25.3 Å². The summed E-state index contributed by atoms with van der Waals surface area (Å²) in [6.45, 7) is 1.94. The summed E-state index contributed by atoms with van der Waals surface area (Å²) in [6.07, 6.45) is 3.17. The molecule has 8 heteroatoms. The molecule has 0 aliphatic carbocycles. The number of aromatic hydroxyl groups is 1. The third kappa shape index (κ3) is 3.23. The molecule has 2 aromatic heterocycles. The standard InChI is InChI=1S/C20H18N6O2/c1-11-9-22-20(21)26-18(11)12-3-5-13(6-4-12)25-19-14-7-16(27)17(28-2)8-15(14)23-10-24-19/h3-10,27H,1-2H3,(H2,21,22,26)(H,23,24,25). The van der Waals surface area contributed by atoms with Crippen LogP contribution in [0.3, 0.4) is 0 Å². The molecule has 4 rings (SSSR count). The molecule has 2 aromatic carbocycles. The van der Waals surface area contributed by atoms with Gasteiger partial charge in [-0.2, -0.15) is 0 Å². The highest BCUT2D eigenvalue weighted by atomic mass is 16.5. The predicted octanol–water partition coefficient (Wildman–Crippen LogP) is 3.44. The number of nitrogens with zero attached hydrogens (tertiary/aromatic N) is 4. The molecular weight excluding hydrogens is 356 g/mol. The van der Waals surface area contributed by atoms with Crippen molar-refractivity contribution in [3.05, 3.63) is 54.5 Å². The van der Waals surface area contributed by atoms with Gasteiger partial charge in [0.05, 0.1) is 18.3 Å². The summed E-state index contributed by atoms with van der Waals surface area (Å²) < 4.78 is 5.13. The number of aromatic nitrogens is 4. The lowest BCUT2D eigenvalue weighted by Gasteiger charge is -2.11. The second kappa shape index (κ2) is 6.99. The summed E-state index contributed by atoms with van der Waals surface area (Å²) in [5.41, 5.74) is 9.88. The highest BCUT2D eigenvalue weighted by Gasteiger charge is 2.10. The molecule has 0 spiro atoms. The fraction of sp³-hybridized carbons (Fsp3) is 0.100. The Hall–Kier alpha value is -3.94. The largest absolute Gasteiger partial charge is 0.504 e. The molecular formula is C20H18N6O2. The molecule has 28 heavy (non-hydrogen) atoms. The number of phenolic OH excluding ortho intramolecular Hbond substituents is 1. The summed E-state index contributed by atoms with van der Waals surface area (Å²) in [4.78, 5) is 16.8. The normalized spacial score (nSPS) is 10.8. The van der Waals surface area contributed by atoms with Crippen molar-refractivity contribution in [2.75, 3.05) is 18.2 Å². The number of fused-ring (bicyclic) bond motifs is 1. The zero-order chi connectivity index (χ0) is 19.7. The smallest absolute Gasteiger partial charge is 0.220 e. The van der Waals surface area contributed by atoms with Gasteiger partial charge in [-0.15, -0.1) is 0 Å². The van der Waals surface area contributed by atoms with Gasteiger partial charge in [-0.25, -0.2) is 19.9 Å². The van der Waals surface area contributed by atoms with Crippen molar-refractivity contribution in [2.45, 2.75) is 6.92 Å². The third-order valence-electron chi connectivity index (χ3n) is 4.35. The van der Waals surface area contributed by atoms with Gasteiger partial charge in [0, 0.05) is 28.9 Å². The monoisotopic (exact) mass is 374 g/mol. The zero-order valence-electron chi connectivity index (χ0n) is 15.3. The fourth-order valence-electron chi connectivity index (χ4n) is 2.93. The van der Waals surface area contributed by atoms with Gasteiger partial charge in [-0.05, 0) is 30.7 Å². The van der Waals surface area contributed by atoms with E-state index in [9.17, 15) is 5.11 Å². The minimum absolute atomic E-state index is 0.0278. The Morgan fingerprint density at radius 3 is 2.61 bits per heavy atom. The zero-order valence-corrected chi connectivity index (χ0v) is 15.3. The van der Waals surface area contributed by atoms with Gasteiger partial charge in [0.1, 0.15) is 12.1 Å². The topological polar surface area (TPSA) is 119 Å². The van der Waals surface area contributed by atoms with Crippen molar-refractivity contribution < 1.29 is 9.84 Å². The number of methoxy groups -OCH3 is 1. The molecule has 0 bridgehead atoms. The van der Waals surface area contributed by atoms with Crippen LogP contribution in [0, 0.1) is 6.92 Å². The second-order valence-electron chi connectivity index (χ2n) is 6.23. The average Bonchev–Trinajstić information content (AvgIpc) is 2.70. The summed E-state index contributed by atoms with van der Waals surface area (Å²) in [6, 6.07) is 11.0. The number of ether oxygens (including phenoxy) is 1. The van der Waals surface area contributed by atoms with Crippen LogP contribution in [-0.2, 0) is 0 Å². The van der Waals surface area contributed by atoms with Crippen molar-refractivity contribution in [3.8, 4) is 22.8 Å². The molecule has 8 nitrogen and oxygen atoms in total. The first-order valence-electron chi connectivity index (χ1n) is 8.53. The van der Waals surface area contributed by atoms with Gasteiger partial charge >= 0.3 is 0 Å². The lowest BCUT2D eigenvalue weighted by atomic mass is 10.1. The molecule has 2 heterocycles. The summed E-state index contributed by atoms with van der Waals surface area (Å²) >= 11 is 0. The molecule has 0 fully saturated rings. The van der Waals surface area contributed by atoms with Crippen molar-refractivity contribution in [3.63, 3.8) is 0 Å². The Morgan fingerprint density at radius 2 is 1.86 bits per heavy atom. The van der Waals surface area contributed by atoms with Crippen LogP contribution >= 0.6 is 0 Å². The van der Waals surface area contributed by atoms with Crippen LogP contribution in [0.2, 0.25) is 0 Å². The number of nitrogens with two attached hydrogens (primary N) is 1. The van der Waals surface area contributed by atoms with E-state index in [1.807, 2.05) is 31.2 Å². The summed E-state index contributed by atoms with van der Waals surface area (Å²) in [5, 5.41) is 14.0. The van der Waals surface area contributed by atoms with E-state index in [4.69, 9.17) is 10.5 Å². The molecule has 0 atom stereocenters.